The van der Waals surface area contributed by atoms with Crippen molar-refractivity contribution in [1.29, 1.82) is 0 Å². The maximum Gasteiger partial charge on any atom is 0.318 e. The van der Waals surface area contributed by atoms with E-state index >= 15 is 0 Å². The summed E-state index contributed by atoms with van der Waals surface area (Å²) in [6.45, 7) is 4.14. The van der Waals surface area contributed by atoms with Crippen LogP contribution < -0.4 is 10.1 Å². The number of ether oxygens (including phenoxy) is 2. The highest BCUT2D eigenvalue weighted by molar-refractivity contribution is 5.87. The number of esters is 1. The Morgan fingerprint density at radius 3 is 2.28 bits per heavy atom. The second-order valence-electron chi connectivity index (χ2n) is 8.16. The summed E-state index contributed by atoms with van der Waals surface area (Å²) in [4.78, 5) is 25.4. The second kappa shape index (κ2) is 8.27. The number of rotatable bonds is 4. The fourth-order valence-electron chi connectivity index (χ4n) is 4.42. The number of nitrogens with one attached hydrogen (secondary N) is 1. The van der Waals surface area contributed by atoms with Crippen molar-refractivity contribution < 1.29 is 19.1 Å². The lowest BCUT2D eigenvalue weighted by Gasteiger charge is -2.34. The molecular weight excluding hydrogens is 366 g/mol. The number of hydrogen-bond acceptors (Lipinski definition) is 4. The largest absolute Gasteiger partial charge is 0.457 e. The molecule has 1 fully saturated rings. The van der Waals surface area contributed by atoms with Crippen LogP contribution in [0.1, 0.15) is 50.2 Å². The highest BCUT2D eigenvalue weighted by atomic mass is 16.5. The van der Waals surface area contributed by atoms with Gasteiger partial charge in [0.1, 0.15) is 17.4 Å². The zero-order valence-corrected chi connectivity index (χ0v) is 16.9. The Hall–Kier alpha value is -2.82. The number of benzene rings is 2. The smallest absolute Gasteiger partial charge is 0.318 e. The summed E-state index contributed by atoms with van der Waals surface area (Å²) in [5.74, 6) is 1.03. The molecule has 0 bridgehead atoms. The zero-order valence-electron chi connectivity index (χ0n) is 16.9. The van der Waals surface area contributed by atoms with E-state index in [9.17, 15) is 9.59 Å². The van der Waals surface area contributed by atoms with Crippen molar-refractivity contribution >= 4 is 11.9 Å². The molecule has 152 valence electrons. The monoisotopic (exact) mass is 393 g/mol. The SMILES string of the molecule is C[C@H]1[C@@H](NC(=O)COC(=O)C2c3ccccc3Oc3ccccc32)CCC[C@@H]1C. The Morgan fingerprint density at radius 1 is 1.00 bits per heavy atom. The van der Waals surface area contributed by atoms with Crippen LogP contribution in [0.15, 0.2) is 48.5 Å². The molecule has 1 aliphatic carbocycles. The van der Waals surface area contributed by atoms with Gasteiger partial charge in [0.15, 0.2) is 6.61 Å². The first-order chi connectivity index (χ1) is 14.0. The van der Waals surface area contributed by atoms with Gasteiger partial charge in [0, 0.05) is 17.2 Å². The Bertz CT molecular complexity index is 864. The van der Waals surface area contributed by atoms with Crippen LogP contribution in [0.3, 0.4) is 0 Å². The molecule has 1 saturated carbocycles. The van der Waals surface area contributed by atoms with Crippen LogP contribution in [0.2, 0.25) is 0 Å². The normalized spacial score (nSPS) is 23.3. The lowest BCUT2D eigenvalue weighted by molar-refractivity contribution is -0.149. The van der Waals surface area contributed by atoms with E-state index in [1.165, 1.54) is 6.42 Å². The van der Waals surface area contributed by atoms with Gasteiger partial charge in [-0.15, -0.1) is 0 Å². The molecular formula is C24H27NO4. The van der Waals surface area contributed by atoms with Crippen LogP contribution in [0.5, 0.6) is 11.5 Å². The van der Waals surface area contributed by atoms with E-state index in [0.29, 0.717) is 23.3 Å². The molecule has 5 nitrogen and oxygen atoms in total. The molecule has 0 spiro atoms. The van der Waals surface area contributed by atoms with E-state index < -0.39 is 11.9 Å². The van der Waals surface area contributed by atoms with Gasteiger partial charge < -0.3 is 14.8 Å². The van der Waals surface area contributed by atoms with E-state index in [0.717, 1.165) is 24.0 Å². The number of para-hydroxylation sites is 2. The molecule has 1 heterocycles. The molecule has 2 aromatic rings. The third kappa shape index (κ3) is 4.00. The number of carbonyl (C=O) groups excluding carboxylic acids is 2. The summed E-state index contributed by atoms with van der Waals surface area (Å²) in [6.07, 6.45) is 3.29. The molecule has 0 aromatic heterocycles. The molecule has 29 heavy (non-hydrogen) atoms. The lowest BCUT2D eigenvalue weighted by Crippen LogP contribution is -2.45. The fraction of sp³-hybridized carbons (Fsp3) is 0.417. The summed E-state index contributed by atoms with van der Waals surface area (Å²) in [6, 6.07) is 15.0. The Kier molecular flexibility index (Phi) is 5.56. The average Bonchev–Trinajstić information content (AvgIpc) is 2.73. The van der Waals surface area contributed by atoms with Crippen LogP contribution in [0.25, 0.3) is 0 Å². The second-order valence-corrected chi connectivity index (χ2v) is 8.16. The molecule has 1 amide bonds. The van der Waals surface area contributed by atoms with E-state index in [2.05, 4.69) is 19.2 Å². The number of hydrogen-bond donors (Lipinski definition) is 1. The standard InChI is InChI=1S/C24H27NO4/c1-15-8-7-11-19(16(15)2)25-22(26)14-28-24(27)23-17-9-3-5-12-20(17)29-21-13-6-4-10-18(21)23/h3-6,9-10,12-13,15-16,19,23H,7-8,11,14H2,1-2H3,(H,25,26)/t15-,16+,19-/m0/s1. The quantitative estimate of drug-likeness (QED) is 0.782. The zero-order chi connectivity index (χ0) is 20.4. The molecule has 5 heteroatoms. The van der Waals surface area contributed by atoms with Crippen LogP contribution in [0.4, 0.5) is 0 Å². The summed E-state index contributed by atoms with van der Waals surface area (Å²) in [7, 11) is 0. The Labute approximate surface area is 171 Å². The van der Waals surface area contributed by atoms with Crippen molar-refractivity contribution in [3.63, 3.8) is 0 Å². The minimum Gasteiger partial charge on any atom is -0.457 e. The maximum atomic E-state index is 13.0. The van der Waals surface area contributed by atoms with E-state index in [4.69, 9.17) is 9.47 Å². The molecule has 0 saturated heterocycles. The van der Waals surface area contributed by atoms with Crippen molar-refractivity contribution in [2.75, 3.05) is 6.61 Å². The minimum absolute atomic E-state index is 0.148. The molecule has 3 atom stereocenters. The van der Waals surface area contributed by atoms with Gasteiger partial charge in [-0.1, -0.05) is 63.1 Å². The number of fused-ring (bicyclic) bond motifs is 2. The topological polar surface area (TPSA) is 64.6 Å². The van der Waals surface area contributed by atoms with Crippen LogP contribution in [0, 0.1) is 11.8 Å². The maximum absolute atomic E-state index is 13.0. The van der Waals surface area contributed by atoms with Crippen molar-refractivity contribution in [2.24, 2.45) is 11.8 Å². The fourth-order valence-corrected chi connectivity index (χ4v) is 4.42. The van der Waals surface area contributed by atoms with Gasteiger partial charge in [-0.05, 0) is 30.4 Å². The van der Waals surface area contributed by atoms with Gasteiger partial charge in [-0.3, -0.25) is 9.59 Å². The van der Waals surface area contributed by atoms with E-state index in [1.807, 2.05) is 48.5 Å². The first kappa shape index (κ1) is 19.5. The molecule has 4 rings (SSSR count). The summed E-state index contributed by atoms with van der Waals surface area (Å²) in [5, 5.41) is 3.05. The van der Waals surface area contributed by atoms with E-state index in [1.54, 1.807) is 0 Å². The highest BCUT2D eigenvalue weighted by Gasteiger charge is 2.34. The van der Waals surface area contributed by atoms with Crippen molar-refractivity contribution in [1.82, 2.24) is 5.32 Å². The van der Waals surface area contributed by atoms with Gasteiger partial charge in [0.25, 0.3) is 5.91 Å². The predicted octanol–water partition coefficient (Wildman–Crippen LogP) is 4.41. The highest BCUT2D eigenvalue weighted by Crippen LogP contribution is 2.44. The van der Waals surface area contributed by atoms with Gasteiger partial charge in [-0.25, -0.2) is 0 Å². The van der Waals surface area contributed by atoms with Crippen LogP contribution in [-0.2, 0) is 14.3 Å². The first-order valence-corrected chi connectivity index (χ1v) is 10.4. The molecule has 1 aliphatic heterocycles. The third-order valence-corrected chi connectivity index (χ3v) is 6.31. The summed E-state index contributed by atoms with van der Waals surface area (Å²) < 4.78 is 11.4. The summed E-state index contributed by atoms with van der Waals surface area (Å²) in [5.41, 5.74) is 1.51. The van der Waals surface area contributed by atoms with Crippen molar-refractivity contribution in [2.45, 2.75) is 45.1 Å². The summed E-state index contributed by atoms with van der Waals surface area (Å²) >= 11 is 0. The molecule has 0 radical (unpaired) electrons. The minimum atomic E-state index is -0.599. The Morgan fingerprint density at radius 2 is 1.62 bits per heavy atom. The molecule has 2 aromatic carbocycles. The van der Waals surface area contributed by atoms with Crippen LogP contribution in [-0.4, -0.2) is 24.5 Å². The third-order valence-electron chi connectivity index (χ3n) is 6.31. The van der Waals surface area contributed by atoms with E-state index in [-0.39, 0.29) is 18.6 Å². The van der Waals surface area contributed by atoms with Gasteiger partial charge in [0.05, 0.1) is 0 Å². The predicted molar refractivity (Wildman–Crippen MR) is 110 cm³/mol. The average molecular weight is 393 g/mol. The van der Waals surface area contributed by atoms with Crippen molar-refractivity contribution in [3.05, 3.63) is 59.7 Å². The number of carbonyl (C=O) groups is 2. The van der Waals surface area contributed by atoms with Crippen LogP contribution >= 0.6 is 0 Å². The molecule has 0 unspecified atom stereocenters. The Balaban J connectivity index is 1.44. The lowest BCUT2D eigenvalue weighted by atomic mass is 9.78. The van der Waals surface area contributed by atoms with Crippen molar-refractivity contribution in [3.8, 4) is 11.5 Å². The first-order valence-electron chi connectivity index (χ1n) is 10.4. The molecule has 1 N–H and O–H groups in total. The van der Waals surface area contributed by atoms with Gasteiger partial charge >= 0.3 is 5.97 Å². The molecule has 2 aliphatic rings. The van der Waals surface area contributed by atoms with Gasteiger partial charge in [-0.2, -0.15) is 0 Å². The van der Waals surface area contributed by atoms with Gasteiger partial charge in [0.2, 0.25) is 0 Å². The number of amides is 1.